The van der Waals surface area contributed by atoms with Crippen molar-refractivity contribution in [1.82, 2.24) is 10.6 Å². The molecule has 0 saturated carbocycles. The Kier molecular flexibility index (Phi) is 11.7. The van der Waals surface area contributed by atoms with E-state index in [0.29, 0.717) is 11.1 Å². The van der Waals surface area contributed by atoms with Crippen LogP contribution in [0.3, 0.4) is 0 Å². The average molecular weight is 629 g/mol. The van der Waals surface area contributed by atoms with Crippen LogP contribution in [-0.2, 0) is 30.8 Å². The summed E-state index contributed by atoms with van der Waals surface area (Å²) in [4.78, 5) is 25.7. The molecule has 0 saturated heterocycles. The standard InChI is InChI=1S/C33H35F3N2O5S/c1-5-27(20-30(39)43-21-23-9-7-6-8-10-23)37-32(40)29(19-22(2)3)38-31(33(34,35)36)26-13-11-24(12-14-26)25-15-17-28(18-16-25)44(4,41)42/h1,6-18,22,27,29,31,38H,19-21H2,2-4H3,(H,37,40). The van der Waals surface area contributed by atoms with Gasteiger partial charge in [0.2, 0.25) is 5.91 Å². The van der Waals surface area contributed by atoms with E-state index in [1.165, 1.54) is 36.4 Å². The number of sulfone groups is 1. The van der Waals surface area contributed by atoms with E-state index < -0.39 is 46.0 Å². The molecule has 0 aliphatic heterocycles. The molecule has 0 aliphatic carbocycles. The molecule has 3 rings (SSSR count). The molecular formula is C33H35F3N2O5S. The molecule has 0 spiro atoms. The Labute approximate surface area is 256 Å². The summed E-state index contributed by atoms with van der Waals surface area (Å²) in [6, 6.07) is 16.0. The molecule has 0 radical (unpaired) electrons. The molecule has 11 heteroatoms. The topological polar surface area (TPSA) is 102 Å². The SMILES string of the molecule is C#CC(CC(=O)OCc1ccccc1)NC(=O)C(CC(C)C)NC(c1ccc(-c2ccc(S(C)(=O)=O)cc2)cc1)C(F)(F)F. The minimum atomic E-state index is -4.75. The zero-order chi connectivity index (χ0) is 32.5. The van der Waals surface area contributed by atoms with Crippen LogP contribution in [0.2, 0.25) is 0 Å². The number of rotatable bonds is 13. The van der Waals surface area contributed by atoms with Gasteiger partial charge >= 0.3 is 12.1 Å². The third-order valence-electron chi connectivity index (χ3n) is 6.71. The summed E-state index contributed by atoms with van der Waals surface area (Å²) in [6.07, 6.45) is 1.58. The van der Waals surface area contributed by atoms with Crippen molar-refractivity contribution in [1.29, 1.82) is 0 Å². The average Bonchev–Trinajstić information content (AvgIpc) is 2.97. The molecule has 0 fully saturated rings. The van der Waals surface area contributed by atoms with Gasteiger partial charge in [-0.15, -0.1) is 6.42 Å². The van der Waals surface area contributed by atoms with Crippen molar-refractivity contribution in [3.8, 4) is 23.5 Å². The molecule has 7 nitrogen and oxygen atoms in total. The number of hydrogen-bond donors (Lipinski definition) is 2. The number of halogens is 3. The molecule has 0 aromatic heterocycles. The highest BCUT2D eigenvalue weighted by molar-refractivity contribution is 7.90. The Morgan fingerprint density at radius 1 is 0.932 bits per heavy atom. The monoisotopic (exact) mass is 628 g/mol. The quantitative estimate of drug-likeness (QED) is 0.188. The fourth-order valence-electron chi connectivity index (χ4n) is 4.45. The van der Waals surface area contributed by atoms with Crippen molar-refractivity contribution in [3.05, 3.63) is 90.0 Å². The fourth-order valence-corrected chi connectivity index (χ4v) is 5.08. The predicted octanol–water partition coefficient (Wildman–Crippen LogP) is 5.62. The Balaban J connectivity index is 1.73. The molecule has 3 atom stereocenters. The molecule has 0 heterocycles. The Morgan fingerprint density at radius 2 is 1.50 bits per heavy atom. The lowest BCUT2D eigenvalue weighted by atomic mass is 9.97. The van der Waals surface area contributed by atoms with E-state index in [4.69, 9.17) is 11.2 Å². The highest BCUT2D eigenvalue weighted by Gasteiger charge is 2.43. The van der Waals surface area contributed by atoms with Crippen LogP contribution in [0.5, 0.6) is 0 Å². The van der Waals surface area contributed by atoms with Crippen molar-refractivity contribution >= 4 is 21.7 Å². The number of alkyl halides is 3. The predicted molar refractivity (Wildman–Crippen MR) is 162 cm³/mol. The third kappa shape index (κ3) is 10.2. The van der Waals surface area contributed by atoms with Gasteiger partial charge in [0, 0.05) is 6.26 Å². The Morgan fingerprint density at radius 3 is 2.00 bits per heavy atom. The lowest BCUT2D eigenvalue weighted by molar-refractivity contribution is -0.161. The zero-order valence-corrected chi connectivity index (χ0v) is 25.4. The first-order valence-corrected chi connectivity index (χ1v) is 15.8. The molecule has 234 valence electrons. The van der Waals surface area contributed by atoms with Gasteiger partial charge in [0.1, 0.15) is 18.7 Å². The number of amides is 1. The number of carbonyl (C=O) groups excluding carboxylic acids is 2. The second-order valence-electron chi connectivity index (χ2n) is 10.8. The summed E-state index contributed by atoms with van der Waals surface area (Å²) < 4.78 is 71.6. The highest BCUT2D eigenvalue weighted by atomic mass is 32.2. The van der Waals surface area contributed by atoms with E-state index in [2.05, 4.69) is 16.6 Å². The van der Waals surface area contributed by atoms with Crippen molar-refractivity contribution in [3.63, 3.8) is 0 Å². The van der Waals surface area contributed by atoms with E-state index >= 15 is 0 Å². The van der Waals surface area contributed by atoms with Crippen LogP contribution in [0, 0.1) is 18.3 Å². The van der Waals surface area contributed by atoms with Crippen LogP contribution in [0.25, 0.3) is 11.1 Å². The summed E-state index contributed by atoms with van der Waals surface area (Å²) in [5, 5.41) is 4.97. The summed E-state index contributed by atoms with van der Waals surface area (Å²) in [5.74, 6) is 0.723. The number of esters is 1. The summed E-state index contributed by atoms with van der Waals surface area (Å²) in [5.41, 5.74) is 1.86. The first-order valence-electron chi connectivity index (χ1n) is 13.9. The van der Waals surface area contributed by atoms with Crippen molar-refractivity contribution < 1.29 is 35.9 Å². The zero-order valence-electron chi connectivity index (χ0n) is 24.6. The van der Waals surface area contributed by atoms with Crippen LogP contribution in [0.15, 0.2) is 83.8 Å². The number of hydrogen-bond acceptors (Lipinski definition) is 6. The molecule has 1 amide bonds. The maximum Gasteiger partial charge on any atom is 0.407 e. The van der Waals surface area contributed by atoms with Crippen LogP contribution in [0.1, 0.15) is 43.9 Å². The lowest BCUT2D eigenvalue weighted by Crippen LogP contribution is -2.51. The van der Waals surface area contributed by atoms with Crippen molar-refractivity contribution in [2.45, 2.75) is 62.5 Å². The van der Waals surface area contributed by atoms with Crippen LogP contribution in [-0.4, -0.2) is 44.8 Å². The van der Waals surface area contributed by atoms with Crippen LogP contribution < -0.4 is 10.6 Å². The molecular weight excluding hydrogens is 593 g/mol. The van der Waals surface area contributed by atoms with E-state index in [1.807, 2.05) is 6.07 Å². The first-order chi connectivity index (χ1) is 20.7. The maximum absolute atomic E-state index is 14.3. The van der Waals surface area contributed by atoms with Crippen LogP contribution >= 0.6 is 0 Å². The third-order valence-corrected chi connectivity index (χ3v) is 7.84. The number of ether oxygens (including phenoxy) is 1. The van der Waals surface area contributed by atoms with Crippen molar-refractivity contribution in [2.24, 2.45) is 5.92 Å². The van der Waals surface area contributed by atoms with E-state index in [9.17, 15) is 31.2 Å². The highest BCUT2D eigenvalue weighted by Crippen LogP contribution is 2.35. The van der Waals surface area contributed by atoms with Gasteiger partial charge in [-0.25, -0.2) is 8.42 Å². The van der Waals surface area contributed by atoms with Gasteiger partial charge in [-0.3, -0.25) is 14.9 Å². The molecule has 2 N–H and O–H groups in total. The van der Waals surface area contributed by atoms with E-state index in [0.717, 1.165) is 11.8 Å². The molecule has 44 heavy (non-hydrogen) atoms. The second kappa shape index (κ2) is 15.0. The number of nitrogens with one attached hydrogen (secondary N) is 2. The number of benzene rings is 3. The summed E-state index contributed by atoms with van der Waals surface area (Å²) >= 11 is 0. The smallest absolute Gasteiger partial charge is 0.407 e. The minimum absolute atomic E-state index is 0.0143. The normalized spacial score (nSPS) is 13.9. The number of carbonyl (C=O) groups is 2. The second-order valence-corrected chi connectivity index (χ2v) is 12.8. The summed E-state index contributed by atoms with van der Waals surface area (Å²) in [6.45, 7) is 3.56. The van der Waals surface area contributed by atoms with Gasteiger partial charge in [-0.05, 0) is 46.7 Å². The van der Waals surface area contributed by atoms with Gasteiger partial charge in [-0.2, -0.15) is 13.2 Å². The maximum atomic E-state index is 14.3. The largest absolute Gasteiger partial charge is 0.461 e. The van der Waals surface area contributed by atoms with Gasteiger partial charge < -0.3 is 10.1 Å². The Hall–Kier alpha value is -4.14. The van der Waals surface area contributed by atoms with Gasteiger partial charge in [0.25, 0.3) is 0 Å². The van der Waals surface area contributed by atoms with Crippen molar-refractivity contribution in [2.75, 3.05) is 6.26 Å². The fraction of sp³-hybridized carbons (Fsp3) is 0.333. The van der Waals surface area contributed by atoms with Gasteiger partial charge in [0.15, 0.2) is 9.84 Å². The molecule has 0 bridgehead atoms. The number of terminal acetylenes is 1. The van der Waals surface area contributed by atoms with E-state index in [-0.39, 0.29) is 35.8 Å². The van der Waals surface area contributed by atoms with E-state index in [1.54, 1.807) is 50.2 Å². The van der Waals surface area contributed by atoms with Crippen LogP contribution in [0.4, 0.5) is 13.2 Å². The molecule has 3 aromatic rings. The molecule has 0 aliphatic rings. The lowest BCUT2D eigenvalue weighted by Gasteiger charge is -2.29. The Bertz CT molecular complexity index is 1550. The summed E-state index contributed by atoms with van der Waals surface area (Å²) in [7, 11) is -3.39. The molecule has 3 aromatic carbocycles. The van der Waals surface area contributed by atoms with Gasteiger partial charge in [0.05, 0.1) is 17.4 Å². The van der Waals surface area contributed by atoms with Gasteiger partial charge in [-0.1, -0.05) is 86.5 Å². The first kappa shape index (κ1) is 34.4. The molecule has 3 unspecified atom stereocenters. The minimum Gasteiger partial charge on any atom is -0.461 e.